The maximum Gasteiger partial charge on any atom is 0.305 e. The summed E-state index contributed by atoms with van der Waals surface area (Å²) in [5.74, 6) is 0.0444. The monoisotopic (exact) mass is 321 g/mol. The lowest BCUT2D eigenvalue weighted by molar-refractivity contribution is -0.138. The number of hydrogen-bond donors (Lipinski definition) is 2. The zero-order valence-electron chi connectivity index (χ0n) is 14.5. The van der Waals surface area contributed by atoms with Gasteiger partial charge in [0.25, 0.3) is 0 Å². The van der Waals surface area contributed by atoms with E-state index < -0.39 is 11.5 Å². The van der Waals surface area contributed by atoms with Crippen LogP contribution in [0.25, 0.3) is 0 Å². The predicted molar refractivity (Wildman–Crippen MR) is 93.9 cm³/mol. The number of carbonyl (C=O) groups is 1. The van der Waals surface area contributed by atoms with E-state index in [1.807, 2.05) is 24.3 Å². The fourth-order valence-electron chi connectivity index (χ4n) is 2.51. The van der Waals surface area contributed by atoms with Gasteiger partial charge in [0.15, 0.2) is 0 Å². The second-order valence-electron chi connectivity index (χ2n) is 6.63. The van der Waals surface area contributed by atoms with Crippen LogP contribution in [0.1, 0.15) is 64.4 Å². The minimum Gasteiger partial charge on any atom is -0.494 e. The molecule has 1 aromatic rings. The highest BCUT2D eigenvalue weighted by Gasteiger charge is 2.21. The fraction of sp³-hybridized carbons (Fsp3) is 0.632. The molecule has 1 unspecified atom stereocenters. The van der Waals surface area contributed by atoms with Crippen molar-refractivity contribution in [2.45, 2.75) is 70.8 Å². The maximum absolute atomic E-state index is 10.8. The molecule has 0 aliphatic heterocycles. The molecule has 3 N–H and O–H groups in total. The zero-order valence-corrected chi connectivity index (χ0v) is 14.5. The van der Waals surface area contributed by atoms with Gasteiger partial charge in [-0.3, -0.25) is 4.79 Å². The molecule has 0 amide bonds. The molecule has 0 aliphatic carbocycles. The molecule has 130 valence electrons. The van der Waals surface area contributed by atoms with Gasteiger partial charge in [-0.2, -0.15) is 0 Å². The lowest BCUT2D eigenvalue weighted by Crippen LogP contribution is -2.38. The Bertz CT molecular complexity index is 454. The third kappa shape index (κ3) is 9.24. The smallest absolute Gasteiger partial charge is 0.305 e. The summed E-state index contributed by atoms with van der Waals surface area (Å²) in [4.78, 5) is 10.8. The minimum atomic E-state index is -0.849. The molecule has 1 rings (SSSR count). The van der Waals surface area contributed by atoms with Gasteiger partial charge in [-0.15, -0.1) is 0 Å². The van der Waals surface area contributed by atoms with Crippen LogP contribution in [0.4, 0.5) is 0 Å². The molecule has 4 nitrogen and oxygen atoms in total. The summed E-state index contributed by atoms with van der Waals surface area (Å²) in [6.45, 7) is 4.77. The van der Waals surface area contributed by atoms with Crippen molar-refractivity contribution in [3.63, 3.8) is 0 Å². The summed E-state index contributed by atoms with van der Waals surface area (Å²) in [6.07, 6.45) is 7.59. The van der Waals surface area contributed by atoms with Gasteiger partial charge in [-0.05, 0) is 43.9 Å². The second-order valence-corrected chi connectivity index (χ2v) is 6.63. The van der Waals surface area contributed by atoms with Gasteiger partial charge in [0, 0.05) is 5.54 Å². The van der Waals surface area contributed by atoms with Crippen molar-refractivity contribution in [2.75, 3.05) is 6.61 Å². The number of rotatable bonds is 12. The first-order chi connectivity index (χ1) is 10.9. The summed E-state index contributed by atoms with van der Waals surface area (Å²) in [5, 5.41) is 8.84. The van der Waals surface area contributed by atoms with Gasteiger partial charge in [-0.1, -0.05) is 44.7 Å². The van der Waals surface area contributed by atoms with E-state index in [0.717, 1.165) is 30.8 Å². The molecule has 0 aliphatic rings. The highest BCUT2D eigenvalue weighted by atomic mass is 16.5. The first-order valence-corrected chi connectivity index (χ1v) is 8.65. The molecular weight excluding hydrogens is 290 g/mol. The molecule has 0 spiro atoms. The van der Waals surface area contributed by atoms with Crippen molar-refractivity contribution in [3.8, 4) is 5.75 Å². The SMILES string of the molecule is CCCCCCCOc1ccc(CCC(C)(N)CC(=O)O)cc1. The number of aryl methyl sites for hydroxylation is 1. The molecule has 0 heterocycles. The average Bonchev–Trinajstić information content (AvgIpc) is 2.49. The Kier molecular flexibility index (Phi) is 8.70. The van der Waals surface area contributed by atoms with E-state index >= 15 is 0 Å². The van der Waals surface area contributed by atoms with Crippen molar-refractivity contribution < 1.29 is 14.6 Å². The number of ether oxygens (including phenoxy) is 1. The first kappa shape index (κ1) is 19.5. The van der Waals surface area contributed by atoms with E-state index in [2.05, 4.69) is 6.92 Å². The highest BCUT2D eigenvalue weighted by molar-refractivity contribution is 5.68. The fourth-order valence-corrected chi connectivity index (χ4v) is 2.51. The first-order valence-electron chi connectivity index (χ1n) is 8.65. The van der Waals surface area contributed by atoms with Crippen molar-refractivity contribution in [2.24, 2.45) is 5.73 Å². The Morgan fingerprint density at radius 2 is 1.83 bits per heavy atom. The predicted octanol–water partition coefficient (Wildman–Crippen LogP) is 4.16. The summed E-state index contributed by atoms with van der Waals surface area (Å²) in [5.41, 5.74) is 6.49. The molecule has 1 atom stereocenters. The van der Waals surface area contributed by atoms with Crippen molar-refractivity contribution in [1.82, 2.24) is 0 Å². The topological polar surface area (TPSA) is 72.5 Å². The van der Waals surface area contributed by atoms with Crippen molar-refractivity contribution in [3.05, 3.63) is 29.8 Å². The largest absolute Gasteiger partial charge is 0.494 e. The third-order valence-corrected chi connectivity index (χ3v) is 3.98. The standard InChI is InChI=1S/C19H31NO3/c1-3-4-5-6-7-14-23-17-10-8-16(9-11-17)12-13-19(2,20)15-18(21)22/h8-11H,3-7,12-15,20H2,1-2H3,(H,21,22). The number of nitrogens with two attached hydrogens (primary N) is 1. The maximum atomic E-state index is 10.8. The Morgan fingerprint density at radius 3 is 2.43 bits per heavy atom. The normalized spacial score (nSPS) is 13.5. The minimum absolute atomic E-state index is 0.00771. The van der Waals surface area contributed by atoms with E-state index in [4.69, 9.17) is 15.6 Å². The van der Waals surface area contributed by atoms with E-state index in [1.165, 1.54) is 25.7 Å². The summed E-state index contributed by atoms with van der Waals surface area (Å²) in [6, 6.07) is 8.02. The molecule has 1 aromatic carbocycles. The van der Waals surface area contributed by atoms with E-state index in [9.17, 15) is 4.79 Å². The number of unbranched alkanes of at least 4 members (excludes halogenated alkanes) is 4. The lowest BCUT2D eigenvalue weighted by atomic mass is 9.91. The molecular formula is C19H31NO3. The van der Waals surface area contributed by atoms with Gasteiger partial charge in [0.1, 0.15) is 5.75 Å². The van der Waals surface area contributed by atoms with Crippen LogP contribution in [0.5, 0.6) is 5.75 Å². The van der Waals surface area contributed by atoms with Gasteiger partial charge in [-0.25, -0.2) is 0 Å². The van der Waals surface area contributed by atoms with Crippen LogP contribution >= 0.6 is 0 Å². The number of carboxylic acid groups (broad SMARTS) is 1. The third-order valence-electron chi connectivity index (χ3n) is 3.98. The molecule has 0 fully saturated rings. The molecule has 0 saturated heterocycles. The number of aliphatic carboxylic acids is 1. The van der Waals surface area contributed by atoms with Crippen LogP contribution in [0, 0.1) is 0 Å². The number of carboxylic acids is 1. The lowest BCUT2D eigenvalue weighted by Gasteiger charge is -2.22. The van der Waals surface area contributed by atoms with Crippen molar-refractivity contribution in [1.29, 1.82) is 0 Å². The van der Waals surface area contributed by atoms with Crippen LogP contribution in [0.2, 0.25) is 0 Å². The quantitative estimate of drug-likeness (QED) is 0.567. The van der Waals surface area contributed by atoms with E-state index in [1.54, 1.807) is 6.92 Å². The Hall–Kier alpha value is -1.55. The second kappa shape index (κ2) is 10.3. The van der Waals surface area contributed by atoms with Crippen molar-refractivity contribution >= 4 is 5.97 Å². The molecule has 23 heavy (non-hydrogen) atoms. The van der Waals surface area contributed by atoms with Crippen LogP contribution in [-0.2, 0) is 11.2 Å². The molecule has 0 radical (unpaired) electrons. The number of hydrogen-bond acceptors (Lipinski definition) is 3. The zero-order chi connectivity index (χ0) is 17.1. The van der Waals surface area contributed by atoms with Crippen LogP contribution in [0.15, 0.2) is 24.3 Å². The van der Waals surface area contributed by atoms with E-state index in [-0.39, 0.29) is 6.42 Å². The average molecular weight is 321 g/mol. The van der Waals surface area contributed by atoms with Crippen LogP contribution in [-0.4, -0.2) is 23.2 Å². The van der Waals surface area contributed by atoms with Gasteiger partial charge < -0.3 is 15.6 Å². The molecule has 4 heteroatoms. The Labute approximate surface area is 140 Å². The molecule has 0 saturated carbocycles. The van der Waals surface area contributed by atoms with E-state index in [0.29, 0.717) is 6.42 Å². The Balaban J connectivity index is 2.29. The molecule has 0 bridgehead atoms. The Morgan fingerprint density at radius 1 is 1.17 bits per heavy atom. The van der Waals surface area contributed by atoms with Crippen LogP contribution < -0.4 is 10.5 Å². The summed E-state index contributed by atoms with van der Waals surface area (Å²) < 4.78 is 5.74. The molecule has 0 aromatic heterocycles. The van der Waals surface area contributed by atoms with Crippen LogP contribution in [0.3, 0.4) is 0 Å². The summed E-state index contributed by atoms with van der Waals surface area (Å²) >= 11 is 0. The number of benzene rings is 1. The van der Waals surface area contributed by atoms with Gasteiger partial charge >= 0.3 is 5.97 Å². The van der Waals surface area contributed by atoms with Gasteiger partial charge in [0.05, 0.1) is 13.0 Å². The van der Waals surface area contributed by atoms with Gasteiger partial charge in [0.2, 0.25) is 0 Å². The highest BCUT2D eigenvalue weighted by Crippen LogP contribution is 2.18. The summed E-state index contributed by atoms with van der Waals surface area (Å²) in [7, 11) is 0.